The Morgan fingerprint density at radius 2 is 2.15 bits per heavy atom. The van der Waals surface area contributed by atoms with Crippen LogP contribution in [0.5, 0.6) is 0 Å². The number of rotatable bonds is 5. The van der Waals surface area contributed by atoms with Gasteiger partial charge >= 0.3 is 0 Å². The molecule has 20 heavy (non-hydrogen) atoms. The lowest BCUT2D eigenvalue weighted by Crippen LogP contribution is -2.28. The standard InChI is InChI=1S/C15H21ClN2O2/c1-4-9(3)8-18(5-2)13-7-12-10(6-11(13)16)14(19)15(20)17-12/h6-7,9,14,19H,4-5,8H2,1-3H3,(H,17,20). The summed E-state index contributed by atoms with van der Waals surface area (Å²) in [6, 6.07) is 3.55. The first-order valence-electron chi connectivity index (χ1n) is 7.05. The second kappa shape index (κ2) is 6.02. The van der Waals surface area contributed by atoms with Crippen LogP contribution in [-0.4, -0.2) is 24.1 Å². The second-order valence-corrected chi connectivity index (χ2v) is 5.74. The number of aliphatic hydroxyl groups excluding tert-OH is 1. The van der Waals surface area contributed by atoms with Crippen LogP contribution in [0.25, 0.3) is 0 Å². The molecular weight excluding hydrogens is 276 g/mol. The van der Waals surface area contributed by atoms with Gasteiger partial charge in [0.05, 0.1) is 10.7 Å². The number of carbonyl (C=O) groups excluding carboxylic acids is 1. The van der Waals surface area contributed by atoms with Gasteiger partial charge in [0, 0.05) is 24.3 Å². The van der Waals surface area contributed by atoms with E-state index < -0.39 is 12.0 Å². The van der Waals surface area contributed by atoms with E-state index in [4.69, 9.17) is 11.6 Å². The van der Waals surface area contributed by atoms with Crippen molar-refractivity contribution in [1.29, 1.82) is 0 Å². The monoisotopic (exact) mass is 296 g/mol. The molecule has 0 bridgehead atoms. The molecule has 4 nitrogen and oxygen atoms in total. The highest BCUT2D eigenvalue weighted by Crippen LogP contribution is 2.39. The number of aliphatic hydroxyl groups is 1. The molecule has 1 amide bonds. The van der Waals surface area contributed by atoms with Gasteiger partial charge < -0.3 is 15.3 Å². The number of carbonyl (C=O) groups is 1. The van der Waals surface area contributed by atoms with Crippen molar-refractivity contribution in [1.82, 2.24) is 0 Å². The average Bonchev–Trinajstić information content (AvgIpc) is 2.70. The topological polar surface area (TPSA) is 52.6 Å². The molecule has 1 aliphatic rings. The number of benzene rings is 1. The first kappa shape index (κ1) is 15.1. The number of hydrogen-bond acceptors (Lipinski definition) is 3. The van der Waals surface area contributed by atoms with Crippen LogP contribution in [0.3, 0.4) is 0 Å². The van der Waals surface area contributed by atoms with E-state index in [9.17, 15) is 9.90 Å². The summed E-state index contributed by atoms with van der Waals surface area (Å²) >= 11 is 6.33. The number of nitrogens with zero attached hydrogens (tertiary/aromatic N) is 1. The van der Waals surface area contributed by atoms with Crippen molar-refractivity contribution in [3.05, 3.63) is 22.7 Å². The zero-order chi connectivity index (χ0) is 14.9. The number of halogens is 1. The molecule has 2 rings (SSSR count). The number of hydrogen-bond donors (Lipinski definition) is 2. The first-order valence-corrected chi connectivity index (χ1v) is 7.43. The molecule has 5 heteroatoms. The van der Waals surface area contributed by atoms with Crippen LogP contribution < -0.4 is 10.2 Å². The van der Waals surface area contributed by atoms with Crippen molar-refractivity contribution in [2.24, 2.45) is 5.92 Å². The van der Waals surface area contributed by atoms with Crippen molar-refractivity contribution in [2.45, 2.75) is 33.3 Å². The van der Waals surface area contributed by atoms with E-state index in [0.29, 0.717) is 22.2 Å². The summed E-state index contributed by atoms with van der Waals surface area (Å²) in [6.45, 7) is 8.22. The maximum atomic E-state index is 11.5. The van der Waals surface area contributed by atoms with Crippen molar-refractivity contribution < 1.29 is 9.90 Å². The Kier molecular flexibility index (Phi) is 4.55. The lowest BCUT2D eigenvalue weighted by atomic mass is 10.1. The molecule has 0 saturated heterocycles. The van der Waals surface area contributed by atoms with Crippen LogP contribution in [0.2, 0.25) is 5.02 Å². The number of anilines is 2. The van der Waals surface area contributed by atoms with E-state index in [-0.39, 0.29) is 0 Å². The molecule has 1 aromatic carbocycles. The Balaban J connectivity index is 2.33. The van der Waals surface area contributed by atoms with Gasteiger partial charge in [-0.2, -0.15) is 0 Å². The smallest absolute Gasteiger partial charge is 0.257 e. The molecule has 0 radical (unpaired) electrons. The van der Waals surface area contributed by atoms with Gasteiger partial charge in [0.1, 0.15) is 0 Å². The van der Waals surface area contributed by atoms with E-state index in [1.165, 1.54) is 0 Å². The molecule has 2 N–H and O–H groups in total. The van der Waals surface area contributed by atoms with Gasteiger partial charge in [0.15, 0.2) is 6.10 Å². The molecule has 1 aromatic rings. The van der Waals surface area contributed by atoms with E-state index in [0.717, 1.165) is 25.2 Å². The summed E-state index contributed by atoms with van der Waals surface area (Å²) in [7, 11) is 0. The second-order valence-electron chi connectivity index (χ2n) is 5.33. The van der Waals surface area contributed by atoms with Crippen molar-refractivity contribution in [3.8, 4) is 0 Å². The van der Waals surface area contributed by atoms with Gasteiger partial charge in [-0.05, 0) is 25.0 Å². The van der Waals surface area contributed by atoms with E-state index >= 15 is 0 Å². The Morgan fingerprint density at radius 3 is 2.75 bits per heavy atom. The third-order valence-electron chi connectivity index (χ3n) is 3.87. The van der Waals surface area contributed by atoms with Gasteiger partial charge in [0.25, 0.3) is 5.91 Å². The quantitative estimate of drug-likeness (QED) is 0.877. The highest BCUT2D eigenvalue weighted by atomic mass is 35.5. The molecule has 0 saturated carbocycles. The summed E-state index contributed by atoms with van der Waals surface area (Å²) in [4.78, 5) is 13.7. The first-order chi connectivity index (χ1) is 9.47. The molecule has 2 atom stereocenters. The summed E-state index contributed by atoms with van der Waals surface area (Å²) in [5, 5.41) is 13.0. The summed E-state index contributed by atoms with van der Waals surface area (Å²) in [6.07, 6.45) is -0.00434. The zero-order valence-corrected chi connectivity index (χ0v) is 12.9. The van der Waals surface area contributed by atoms with E-state index in [1.807, 2.05) is 6.07 Å². The van der Waals surface area contributed by atoms with Crippen LogP contribution >= 0.6 is 11.6 Å². The van der Waals surface area contributed by atoms with Crippen molar-refractivity contribution in [3.63, 3.8) is 0 Å². The average molecular weight is 297 g/mol. The van der Waals surface area contributed by atoms with Gasteiger partial charge in [-0.1, -0.05) is 31.9 Å². The maximum Gasteiger partial charge on any atom is 0.257 e. The minimum atomic E-state index is -1.11. The fourth-order valence-electron chi connectivity index (χ4n) is 2.40. The maximum absolute atomic E-state index is 11.5. The van der Waals surface area contributed by atoms with E-state index in [2.05, 4.69) is 31.0 Å². The third kappa shape index (κ3) is 2.76. The highest BCUT2D eigenvalue weighted by molar-refractivity contribution is 6.33. The Morgan fingerprint density at radius 1 is 1.45 bits per heavy atom. The van der Waals surface area contributed by atoms with Gasteiger partial charge in [-0.25, -0.2) is 0 Å². The Labute approximate surface area is 124 Å². The normalized spacial score (nSPS) is 18.6. The predicted molar refractivity (Wildman–Crippen MR) is 82.4 cm³/mol. The van der Waals surface area contributed by atoms with Crippen molar-refractivity contribution >= 4 is 28.9 Å². The SMILES string of the molecule is CCC(C)CN(CC)c1cc2c(cc1Cl)C(O)C(=O)N2. The van der Waals surface area contributed by atoms with Gasteiger partial charge in [0.2, 0.25) is 0 Å². The van der Waals surface area contributed by atoms with Gasteiger partial charge in [-0.15, -0.1) is 0 Å². The number of amides is 1. The zero-order valence-electron chi connectivity index (χ0n) is 12.1. The minimum absolute atomic E-state index is 0.391. The summed E-state index contributed by atoms with van der Waals surface area (Å²) in [5.41, 5.74) is 2.12. The van der Waals surface area contributed by atoms with Gasteiger partial charge in [-0.3, -0.25) is 4.79 Å². The van der Waals surface area contributed by atoms with Crippen LogP contribution in [0.1, 0.15) is 38.9 Å². The van der Waals surface area contributed by atoms with Crippen LogP contribution in [0.4, 0.5) is 11.4 Å². The number of nitrogens with one attached hydrogen (secondary N) is 1. The molecule has 2 unspecified atom stereocenters. The molecule has 1 heterocycles. The summed E-state index contributed by atoms with van der Waals surface area (Å²) in [5.74, 6) is 0.178. The molecule has 0 spiro atoms. The highest BCUT2D eigenvalue weighted by Gasteiger charge is 2.30. The fraction of sp³-hybridized carbons (Fsp3) is 0.533. The fourth-order valence-corrected chi connectivity index (χ4v) is 2.69. The molecular formula is C15H21ClN2O2. The lowest BCUT2D eigenvalue weighted by molar-refractivity contribution is -0.123. The Bertz CT molecular complexity index is 519. The Hall–Kier alpha value is -1.26. The molecule has 110 valence electrons. The molecule has 1 aliphatic heterocycles. The minimum Gasteiger partial charge on any atom is -0.378 e. The summed E-state index contributed by atoms with van der Waals surface area (Å²) < 4.78 is 0. The molecule has 0 aromatic heterocycles. The largest absolute Gasteiger partial charge is 0.378 e. The molecule has 0 aliphatic carbocycles. The molecule has 0 fully saturated rings. The van der Waals surface area contributed by atoms with Crippen molar-refractivity contribution in [2.75, 3.05) is 23.3 Å². The lowest BCUT2D eigenvalue weighted by Gasteiger charge is -2.27. The van der Waals surface area contributed by atoms with Crippen LogP contribution in [0, 0.1) is 5.92 Å². The van der Waals surface area contributed by atoms with Crippen LogP contribution in [-0.2, 0) is 4.79 Å². The van der Waals surface area contributed by atoms with Crippen LogP contribution in [0.15, 0.2) is 12.1 Å². The number of fused-ring (bicyclic) bond motifs is 1. The van der Waals surface area contributed by atoms with E-state index in [1.54, 1.807) is 6.07 Å². The third-order valence-corrected chi connectivity index (χ3v) is 4.17. The predicted octanol–water partition coefficient (Wildman–Crippen LogP) is 3.20.